The Labute approximate surface area is 68.7 Å². The number of hydrazone groups is 1. The van der Waals surface area contributed by atoms with E-state index in [4.69, 9.17) is 9.47 Å². The highest BCUT2D eigenvalue weighted by molar-refractivity contribution is 6.43. The van der Waals surface area contributed by atoms with Gasteiger partial charge in [0.1, 0.15) is 5.71 Å². The molecular formula is C7H8N2O3. The van der Waals surface area contributed by atoms with Crippen molar-refractivity contribution < 1.29 is 14.3 Å². The summed E-state index contributed by atoms with van der Waals surface area (Å²) in [5, 5.41) is 3.94. The summed E-state index contributed by atoms with van der Waals surface area (Å²) in [6.45, 7) is 1.21. The highest BCUT2D eigenvalue weighted by Gasteiger charge is 2.49. The van der Waals surface area contributed by atoms with E-state index in [-0.39, 0.29) is 17.8 Å². The van der Waals surface area contributed by atoms with Gasteiger partial charge in [0.15, 0.2) is 0 Å². The fraction of sp³-hybridized carbons (Fsp3) is 0.714. The third-order valence-corrected chi connectivity index (χ3v) is 2.49. The van der Waals surface area contributed by atoms with Gasteiger partial charge >= 0.3 is 0 Å². The van der Waals surface area contributed by atoms with Gasteiger partial charge in [-0.15, -0.1) is 0 Å². The van der Waals surface area contributed by atoms with Gasteiger partial charge in [-0.3, -0.25) is 4.79 Å². The summed E-state index contributed by atoms with van der Waals surface area (Å²) in [7, 11) is 0. The lowest BCUT2D eigenvalue weighted by Crippen LogP contribution is -2.43. The first-order valence-electron chi connectivity index (χ1n) is 3.98. The van der Waals surface area contributed by atoms with E-state index in [9.17, 15) is 4.79 Å². The van der Waals surface area contributed by atoms with Crippen LogP contribution in [0.2, 0.25) is 0 Å². The van der Waals surface area contributed by atoms with Gasteiger partial charge in [0, 0.05) is 6.54 Å². The maximum atomic E-state index is 11.4. The fourth-order valence-electron chi connectivity index (χ4n) is 1.84. The number of nitrogens with zero attached hydrogens (tertiary/aromatic N) is 1. The highest BCUT2D eigenvalue weighted by Crippen LogP contribution is 2.29. The number of hydrogen-bond acceptors (Lipinski definition) is 5. The van der Waals surface area contributed by atoms with Crippen LogP contribution in [0.25, 0.3) is 0 Å². The van der Waals surface area contributed by atoms with Crippen molar-refractivity contribution in [1.29, 1.82) is 0 Å². The van der Waals surface area contributed by atoms with E-state index in [1.807, 2.05) is 0 Å². The molecule has 0 aromatic carbocycles. The summed E-state index contributed by atoms with van der Waals surface area (Å²) in [6.07, 6.45) is -0.647. The number of ether oxygens (including phenoxy) is 2. The summed E-state index contributed by atoms with van der Waals surface area (Å²) in [5.74, 6) is -0.00463. The molecule has 3 atom stereocenters. The van der Waals surface area contributed by atoms with Crippen LogP contribution in [-0.2, 0) is 14.3 Å². The number of ketones is 1. The van der Waals surface area contributed by atoms with E-state index in [0.717, 1.165) is 0 Å². The molecule has 2 saturated heterocycles. The molecule has 3 aliphatic heterocycles. The Morgan fingerprint density at radius 2 is 2.50 bits per heavy atom. The van der Waals surface area contributed by atoms with Gasteiger partial charge < -0.3 is 14.9 Å². The van der Waals surface area contributed by atoms with Crippen LogP contribution in [0.15, 0.2) is 5.10 Å². The van der Waals surface area contributed by atoms with Crippen LogP contribution in [0.1, 0.15) is 0 Å². The highest BCUT2D eigenvalue weighted by atomic mass is 16.7. The summed E-state index contributed by atoms with van der Waals surface area (Å²) in [6, 6.07) is 0. The predicted molar refractivity (Wildman–Crippen MR) is 38.5 cm³/mol. The maximum absolute atomic E-state index is 11.4. The lowest BCUT2D eigenvalue weighted by Gasteiger charge is -2.22. The third-order valence-electron chi connectivity index (χ3n) is 2.49. The molecule has 64 valence electrons. The van der Waals surface area contributed by atoms with Crippen molar-refractivity contribution in [2.24, 2.45) is 11.0 Å². The average molecular weight is 168 g/mol. The Hall–Kier alpha value is -0.940. The quantitative estimate of drug-likeness (QED) is 0.498. The van der Waals surface area contributed by atoms with E-state index >= 15 is 0 Å². The zero-order valence-electron chi connectivity index (χ0n) is 6.32. The SMILES string of the molecule is O=C1C2=NNC[C@@H]2[C@H]2CO[C@@H]1O2. The van der Waals surface area contributed by atoms with Crippen LogP contribution in [0.5, 0.6) is 0 Å². The van der Waals surface area contributed by atoms with Crippen molar-refractivity contribution in [2.45, 2.75) is 12.4 Å². The number of rotatable bonds is 0. The number of carbonyl (C=O) groups excluding carboxylic acids is 1. The molecule has 1 N–H and O–H groups in total. The van der Waals surface area contributed by atoms with Gasteiger partial charge in [0.05, 0.1) is 18.6 Å². The summed E-state index contributed by atoms with van der Waals surface area (Å²) in [5.41, 5.74) is 3.42. The zero-order valence-corrected chi connectivity index (χ0v) is 6.32. The predicted octanol–water partition coefficient (Wildman–Crippen LogP) is -1.11. The Morgan fingerprint density at radius 1 is 1.58 bits per heavy atom. The summed E-state index contributed by atoms with van der Waals surface area (Å²) in [4.78, 5) is 11.4. The van der Waals surface area contributed by atoms with E-state index in [1.54, 1.807) is 0 Å². The van der Waals surface area contributed by atoms with Gasteiger partial charge in [-0.1, -0.05) is 0 Å². The summed E-state index contributed by atoms with van der Waals surface area (Å²) >= 11 is 0. The van der Waals surface area contributed by atoms with Crippen molar-refractivity contribution in [3.05, 3.63) is 0 Å². The van der Waals surface area contributed by atoms with E-state index in [0.29, 0.717) is 18.9 Å². The third kappa shape index (κ3) is 0.651. The molecule has 2 bridgehead atoms. The molecule has 3 rings (SSSR count). The zero-order chi connectivity index (χ0) is 8.13. The molecule has 0 aliphatic carbocycles. The van der Waals surface area contributed by atoms with Gasteiger partial charge in [-0.25, -0.2) is 0 Å². The molecule has 0 spiro atoms. The lowest BCUT2D eigenvalue weighted by molar-refractivity contribution is -0.143. The minimum absolute atomic E-state index is 0.0291. The molecule has 5 heteroatoms. The largest absolute Gasteiger partial charge is 0.343 e. The first-order valence-corrected chi connectivity index (χ1v) is 3.98. The molecule has 12 heavy (non-hydrogen) atoms. The molecule has 0 amide bonds. The first kappa shape index (κ1) is 6.56. The van der Waals surface area contributed by atoms with E-state index in [1.165, 1.54) is 0 Å². The first-order chi connectivity index (χ1) is 5.86. The minimum Gasteiger partial charge on any atom is -0.343 e. The normalized spacial score (nSPS) is 43.8. The van der Waals surface area contributed by atoms with Crippen molar-refractivity contribution in [2.75, 3.05) is 13.2 Å². The van der Waals surface area contributed by atoms with Gasteiger partial charge in [0.2, 0.25) is 12.1 Å². The second-order valence-corrected chi connectivity index (χ2v) is 3.17. The molecule has 5 nitrogen and oxygen atoms in total. The van der Waals surface area contributed by atoms with Crippen LogP contribution in [0, 0.1) is 5.92 Å². The van der Waals surface area contributed by atoms with E-state index in [2.05, 4.69) is 10.5 Å². The monoisotopic (exact) mass is 168 g/mol. The summed E-state index contributed by atoms with van der Waals surface area (Å²) < 4.78 is 10.5. The number of Topliss-reactive ketones (excluding diaryl/α,β-unsaturated/α-hetero) is 1. The van der Waals surface area contributed by atoms with Gasteiger partial charge in [-0.2, -0.15) is 5.10 Å². The van der Waals surface area contributed by atoms with Gasteiger partial charge in [0.25, 0.3) is 0 Å². The van der Waals surface area contributed by atoms with Crippen molar-refractivity contribution in [3.8, 4) is 0 Å². The van der Waals surface area contributed by atoms with Crippen LogP contribution < -0.4 is 5.43 Å². The number of hydrogen-bond donors (Lipinski definition) is 1. The Bertz CT molecular complexity index is 276. The van der Waals surface area contributed by atoms with Crippen LogP contribution >= 0.6 is 0 Å². The van der Waals surface area contributed by atoms with Crippen molar-refractivity contribution in [3.63, 3.8) is 0 Å². The Balaban J connectivity index is 2.03. The molecule has 0 aromatic heterocycles. The Kier molecular flexibility index (Phi) is 1.12. The second kappa shape index (κ2) is 2.05. The molecule has 3 aliphatic rings. The molecule has 0 aromatic rings. The molecule has 0 radical (unpaired) electrons. The van der Waals surface area contributed by atoms with Crippen molar-refractivity contribution >= 4 is 11.5 Å². The lowest BCUT2D eigenvalue weighted by atomic mass is 9.94. The van der Waals surface area contributed by atoms with Crippen LogP contribution in [-0.4, -0.2) is 37.0 Å². The number of fused-ring (bicyclic) bond motifs is 4. The molecule has 0 saturated carbocycles. The second-order valence-electron chi connectivity index (χ2n) is 3.17. The minimum atomic E-state index is -0.676. The molecular weight excluding hydrogens is 160 g/mol. The molecule has 3 heterocycles. The van der Waals surface area contributed by atoms with Crippen LogP contribution in [0.3, 0.4) is 0 Å². The van der Waals surface area contributed by atoms with Crippen molar-refractivity contribution in [1.82, 2.24) is 5.43 Å². The number of carbonyl (C=O) groups is 1. The fourth-order valence-corrected chi connectivity index (χ4v) is 1.84. The average Bonchev–Trinajstić information content (AvgIpc) is 2.69. The molecule has 2 fully saturated rings. The smallest absolute Gasteiger partial charge is 0.235 e. The maximum Gasteiger partial charge on any atom is 0.235 e. The van der Waals surface area contributed by atoms with Crippen LogP contribution in [0.4, 0.5) is 0 Å². The van der Waals surface area contributed by atoms with E-state index < -0.39 is 6.29 Å². The number of nitrogens with one attached hydrogen (secondary N) is 1. The standard InChI is InChI=1S/C7H8N2O3/c10-6-5-3(1-8-9-5)4-2-11-7(6)12-4/h3-4,7-8H,1-2H2/t3-,4-,7-/m1/s1. The molecule has 0 unspecified atom stereocenters. The topological polar surface area (TPSA) is 59.9 Å². The van der Waals surface area contributed by atoms with Gasteiger partial charge in [-0.05, 0) is 0 Å². The Morgan fingerprint density at radius 3 is 3.42 bits per heavy atom.